The number of rotatable bonds is 3. The van der Waals surface area contributed by atoms with E-state index in [4.69, 9.17) is 0 Å². The number of amides is 2. The van der Waals surface area contributed by atoms with E-state index in [-0.39, 0.29) is 12.1 Å². The lowest BCUT2D eigenvalue weighted by Crippen LogP contribution is -2.50. The average molecular weight is 320 g/mol. The van der Waals surface area contributed by atoms with Gasteiger partial charge >= 0.3 is 6.03 Å². The summed E-state index contributed by atoms with van der Waals surface area (Å²) in [4.78, 5) is 21.2. The number of aryl methyl sites for hydroxylation is 1. The van der Waals surface area contributed by atoms with Crippen molar-refractivity contribution in [2.24, 2.45) is 0 Å². The number of urea groups is 1. The van der Waals surface area contributed by atoms with Crippen molar-refractivity contribution in [3.63, 3.8) is 0 Å². The van der Waals surface area contributed by atoms with Gasteiger partial charge in [0.25, 0.3) is 0 Å². The van der Waals surface area contributed by atoms with Gasteiger partial charge in [-0.3, -0.25) is 5.10 Å². The molecule has 3 heterocycles. The Morgan fingerprint density at radius 2 is 1.91 bits per heavy atom. The molecule has 1 unspecified atom stereocenters. The first kappa shape index (κ1) is 16.2. The van der Waals surface area contributed by atoms with Crippen LogP contribution in [-0.4, -0.2) is 63.2 Å². The number of piperidine rings is 2. The largest absolute Gasteiger partial charge is 0.328 e. The van der Waals surface area contributed by atoms with Gasteiger partial charge in [0, 0.05) is 19.1 Å². The molecule has 1 aromatic heterocycles. The molecule has 2 amide bonds. The van der Waals surface area contributed by atoms with Crippen LogP contribution in [0, 0.1) is 6.92 Å². The van der Waals surface area contributed by atoms with Gasteiger partial charge in [-0.2, -0.15) is 5.10 Å². The molecular weight excluding hydrogens is 292 g/mol. The summed E-state index contributed by atoms with van der Waals surface area (Å²) >= 11 is 0. The summed E-state index contributed by atoms with van der Waals surface area (Å²) in [6.07, 6.45) is 6.20. The summed E-state index contributed by atoms with van der Waals surface area (Å²) in [7, 11) is 0. The smallest absolute Gasteiger partial charge is 0.317 e. The molecule has 0 aromatic carbocycles. The van der Waals surface area contributed by atoms with E-state index in [2.05, 4.69) is 25.4 Å². The molecule has 0 saturated carbocycles. The Bertz CT molecular complexity index is 516. The highest BCUT2D eigenvalue weighted by molar-refractivity contribution is 5.74. The molecule has 0 bridgehead atoms. The Kier molecular flexibility index (Phi) is 5.15. The molecule has 128 valence electrons. The summed E-state index contributed by atoms with van der Waals surface area (Å²) in [6, 6.07) is 0.483. The molecule has 2 aliphatic rings. The SMILES string of the molecule is Cc1nc(C(C)NC(=O)N2CCC(N3CCCCC3)CC2)n[nH]1. The van der Waals surface area contributed by atoms with E-state index in [1.165, 1.54) is 32.4 Å². The predicted molar refractivity (Wildman–Crippen MR) is 88.1 cm³/mol. The first-order chi connectivity index (χ1) is 11.1. The van der Waals surface area contributed by atoms with Gasteiger partial charge in [0.05, 0.1) is 6.04 Å². The maximum absolute atomic E-state index is 12.4. The molecule has 1 atom stereocenters. The van der Waals surface area contributed by atoms with Crippen molar-refractivity contribution in [1.82, 2.24) is 30.3 Å². The van der Waals surface area contributed by atoms with Crippen LogP contribution in [0.3, 0.4) is 0 Å². The lowest BCUT2D eigenvalue weighted by atomic mass is 10.00. The van der Waals surface area contributed by atoms with Gasteiger partial charge in [-0.1, -0.05) is 6.42 Å². The number of carbonyl (C=O) groups is 1. The number of aromatic amines is 1. The summed E-state index contributed by atoms with van der Waals surface area (Å²) in [5.74, 6) is 1.41. The van der Waals surface area contributed by atoms with Crippen molar-refractivity contribution in [1.29, 1.82) is 0 Å². The van der Waals surface area contributed by atoms with Crippen molar-refractivity contribution in [2.45, 2.75) is 58.0 Å². The van der Waals surface area contributed by atoms with E-state index in [0.29, 0.717) is 11.9 Å². The summed E-state index contributed by atoms with van der Waals surface area (Å²) in [5.41, 5.74) is 0. The molecular formula is C16H28N6O. The number of H-pyrrole nitrogens is 1. The lowest BCUT2D eigenvalue weighted by Gasteiger charge is -2.40. The number of hydrogen-bond donors (Lipinski definition) is 2. The Morgan fingerprint density at radius 1 is 1.22 bits per heavy atom. The predicted octanol–water partition coefficient (Wildman–Crippen LogP) is 1.83. The molecule has 2 fully saturated rings. The minimum absolute atomic E-state index is 0.00273. The maximum Gasteiger partial charge on any atom is 0.317 e. The minimum atomic E-state index is -0.174. The Hall–Kier alpha value is -1.63. The van der Waals surface area contributed by atoms with Gasteiger partial charge < -0.3 is 15.1 Å². The van der Waals surface area contributed by atoms with Gasteiger partial charge in [-0.05, 0) is 52.6 Å². The molecule has 7 nitrogen and oxygen atoms in total. The number of nitrogens with one attached hydrogen (secondary N) is 2. The fraction of sp³-hybridized carbons (Fsp3) is 0.812. The maximum atomic E-state index is 12.4. The van der Waals surface area contributed by atoms with Crippen molar-refractivity contribution >= 4 is 6.03 Å². The van der Waals surface area contributed by atoms with Gasteiger partial charge in [0.1, 0.15) is 5.82 Å². The minimum Gasteiger partial charge on any atom is -0.328 e. The van der Waals surface area contributed by atoms with Crippen LogP contribution in [0.15, 0.2) is 0 Å². The first-order valence-electron chi connectivity index (χ1n) is 8.82. The van der Waals surface area contributed by atoms with Crippen LogP contribution >= 0.6 is 0 Å². The average Bonchev–Trinajstić information content (AvgIpc) is 3.02. The van der Waals surface area contributed by atoms with Crippen molar-refractivity contribution < 1.29 is 4.79 Å². The molecule has 7 heteroatoms. The third-order valence-corrected chi connectivity index (χ3v) is 5.00. The fourth-order valence-corrected chi connectivity index (χ4v) is 3.61. The Morgan fingerprint density at radius 3 is 2.52 bits per heavy atom. The van der Waals surface area contributed by atoms with Crippen LogP contribution in [0.4, 0.5) is 4.79 Å². The van der Waals surface area contributed by atoms with Crippen LogP contribution < -0.4 is 5.32 Å². The first-order valence-corrected chi connectivity index (χ1v) is 8.82. The monoisotopic (exact) mass is 320 g/mol. The normalized spacial score (nSPS) is 22.1. The number of hydrogen-bond acceptors (Lipinski definition) is 4. The highest BCUT2D eigenvalue weighted by atomic mass is 16.2. The van der Waals surface area contributed by atoms with Crippen LogP contribution in [-0.2, 0) is 0 Å². The van der Waals surface area contributed by atoms with Gasteiger partial charge in [-0.25, -0.2) is 9.78 Å². The van der Waals surface area contributed by atoms with E-state index >= 15 is 0 Å². The highest BCUT2D eigenvalue weighted by Gasteiger charge is 2.28. The number of likely N-dealkylation sites (tertiary alicyclic amines) is 2. The summed E-state index contributed by atoms with van der Waals surface area (Å²) in [5, 5.41) is 9.93. The fourth-order valence-electron chi connectivity index (χ4n) is 3.61. The highest BCUT2D eigenvalue weighted by Crippen LogP contribution is 2.21. The topological polar surface area (TPSA) is 77.2 Å². The molecule has 0 spiro atoms. The second-order valence-electron chi connectivity index (χ2n) is 6.77. The molecule has 3 rings (SSSR count). The number of aromatic nitrogens is 3. The van der Waals surface area contributed by atoms with Gasteiger partial charge in [-0.15, -0.1) is 0 Å². The number of carbonyl (C=O) groups excluding carboxylic acids is 1. The molecule has 2 aliphatic heterocycles. The molecule has 23 heavy (non-hydrogen) atoms. The quantitative estimate of drug-likeness (QED) is 0.891. The van der Waals surface area contributed by atoms with Crippen LogP contribution in [0.1, 0.15) is 56.7 Å². The molecule has 1 aromatic rings. The third-order valence-electron chi connectivity index (χ3n) is 5.00. The zero-order chi connectivity index (χ0) is 16.2. The van der Waals surface area contributed by atoms with Crippen molar-refractivity contribution in [3.8, 4) is 0 Å². The van der Waals surface area contributed by atoms with E-state index in [0.717, 1.165) is 31.8 Å². The van der Waals surface area contributed by atoms with E-state index in [9.17, 15) is 4.79 Å². The zero-order valence-electron chi connectivity index (χ0n) is 14.2. The van der Waals surface area contributed by atoms with Gasteiger partial charge in [0.15, 0.2) is 5.82 Å². The molecule has 0 aliphatic carbocycles. The standard InChI is InChI=1S/C16H28N6O/c1-12(15-18-13(2)19-20-15)17-16(23)22-10-6-14(7-11-22)21-8-4-3-5-9-21/h12,14H,3-11H2,1-2H3,(H,17,23)(H,18,19,20). The van der Waals surface area contributed by atoms with Crippen LogP contribution in [0.2, 0.25) is 0 Å². The lowest BCUT2D eigenvalue weighted by molar-refractivity contribution is 0.101. The van der Waals surface area contributed by atoms with Crippen molar-refractivity contribution in [3.05, 3.63) is 11.6 Å². The van der Waals surface area contributed by atoms with Gasteiger partial charge in [0.2, 0.25) is 0 Å². The van der Waals surface area contributed by atoms with Crippen LogP contribution in [0.5, 0.6) is 0 Å². The Balaban J connectivity index is 1.46. The second-order valence-corrected chi connectivity index (χ2v) is 6.77. The number of nitrogens with zero attached hydrogens (tertiary/aromatic N) is 4. The van der Waals surface area contributed by atoms with E-state index < -0.39 is 0 Å². The molecule has 0 radical (unpaired) electrons. The molecule has 2 N–H and O–H groups in total. The zero-order valence-corrected chi connectivity index (χ0v) is 14.2. The Labute approximate surface area is 137 Å². The second kappa shape index (κ2) is 7.29. The summed E-state index contributed by atoms with van der Waals surface area (Å²) < 4.78 is 0. The summed E-state index contributed by atoms with van der Waals surface area (Å²) in [6.45, 7) is 7.92. The third kappa shape index (κ3) is 4.02. The van der Waals surface area contributed by atoms with Crippen LogP contribution in [0.25, 0.3) is 0 Å². The van der Waals surface area contributed by atoms with E-state index in [1.54, 1.807) is 0 Å². The van der Waals surface area contributed by atoms with E-state index in [1.807, 2.05) is 18.7 Å². The molecule has 2 saturated heterocycles. The van der Waals surface area contributed by atoms with Crippen molar-refractivity contribution in [2.75, 3.05) is 26.2 Å².